The van der Waals surface area contributed by atoms with E-state index in [9.17, 15) is 43.7 Å². The minimum atomic E-state index is -1.72. The van der Waals surface area contributed by atoms with Gasteiger partial charge in [-0.3, -0.25) is 24.0 Å². The lowest BCUT2D eigenvalue weighted by molar-refractivity contribution is -0.317. The fourth-order valence-corrected chi connectivity index (χ4v) is 11.9. The van der Waals surface area contributed by atoms with Crippen LogP contribution in [0.5, 0.6) is 0 Å². The van der Waals surface area contributed by atoms with Crippen LogP contribution in [0.2, 0.25) is 0 Å². The summed E-state index contributed by atoms with van der Waals surface area (Å²) < 4.78 is 46.9. The number of halogens is 1. The quantitative estimate of drug-likeness (QED) is 0.101. The number of rotatable bonds is 16. The Bertz CT molecular complexity index is 2590. The van der Waals surface area contributed by atoms with Crippen molar-refractivity contribution in [1.82, 2.24) is 25.8 Å². The number of nitrogens with zero attached hydrogens (tertiary/aromatic N) is 2. The standard InChI is InChI=1S/C62H91FN6O13/c1-35(2)52-59(76)65-45(28-42-23-25-44(26-24-42)64-58(75)47(30-43-21-17-18-22-46(43)63)66-49(70)29-41-19-15-14-16-20-41)31-50(71)69(12)34-36(3)32-61(8,77)56(82-60-53(72)48(68(10)11)27-37(4)79-60)38(5)54(39(6)57(74)67-52)81-51-33-62(9,78-13)55(73)40(7)80-51/h14-26,35-40,45,47-48,51-56,60,72-73,77H,27-34H2,1-13H3,(H,64,75)(H,65,76)(H,66,70)(H,67,74)/t36-,37-,38+,39-,40+,45-,47+,48+,51+,52+,53-,54+,55+,56-,60+,61-,62-/m1/s1. The Kier molecular flexibility index (Phi) is 23.2. The molecule has 20 heteroatoms. The highest BCUT2D eigenvalue weighted by molar-refractivity contribution is 5.97. The molecule has 0 bridgehead atoms. The second-order valence-electron chi connectivity index (χ2n) is 24.4. The van der Waals surface area contributed by atoms with Crippen LogP contribution >= 0.6 is 0 Å². The van der Waals surface area contributed by atoms with E-state index in [0.717, 1.165) is 5.56 Å². The number of nitrogens with one attached hydrogen (secondary N) is 4. The van der Waals surface area contributed by atoms with Crippen LogP contribution < -0.4 is 21.3 Å². The lowest BCUT2D eigenvalue weighted by Gasteiger charge is -2.49. The number of aliphatic hydroxyl groups is 3. The van der Waals surface area contributed by atoms with Crippen LogP contribution in [0.3, 0.4) is 0 Å². The summed E-state index contributed by atoms with van der Waals surface area (Å²) in [5.41, 5.74) is -0.735. The SMILES string of the molecule is CO[C@]1(C)C[C@H](O[C@H]2[C@H](C)[C@@H](O[C@@H]3O[C@H](C)C[C@H](N(C)C)[C@H]3O)[C@](C)(O)C[C@@H](C)CN(C)C(=O)C[C@@H](Cc3ccc(NC(=O)[C@H](Cc4ccccc4F)NC(=O)Cc4ccccc4)cc3)NC(=O)[C@H](C(C)C)NC(=O)[C@@H]2C)O[C@@H](C)[C@@H]1O. The van der Waals surface area contributed by atoms with Crippen LogP contribution in [0, 0.1) is 29.5 Å². The first-order valence-electron chi connectivity index (χ1n) is 28.8. The molecular formula is C62H91FN6O13. The molecule has 0 aromatic heterocycles. The maximum atomic E-state index is 14.9. The van der Waals surface area contributed by atoms with Crippen molar-refractivity contribution in [3.63, 3.8) is 0 Å². The highest BCUT2D eigenvalue weighted by Gasteiger charge is 2.51. The zero-order chi connectivity index (χ0) is 60.4. The normalized spacial score (nSPS) is 33.3. The number of ether oxygens (including phenoxy) is 5. The second kappa shape index (κ2) is 28.9. The molecule has 7 N–H and O–H groups in total. The first kappa shape index (κ1) is 65.7. The molecule has 0 unspecified atom stereocenters. The molecule has 0 aliphatic carbocycles. The predicted molar refractivity (Wildman–Crippen MR) is 307 cm³/mol. The number of aliphatic hydroxyl groups excluding tert-OH is 2. The molecule has 3 aliphatic heterocycles. The molecule has 82 heavy (non-hydrogen) atoms. The van der Waals surface area contributed by atoms with E-state index in [0.29, 0.717) is 17.7 Å². The molecule has 3 aromatic rings. The van der Waals surface area contributed by atoms with Gasteiger partial charge in [0.05, 0.1) is 48.0 Å². The second-order valence-corrected chi connectivity index (χ2v) is 24.4. The van der Waals surface area contributed by atoms with Gasteiger partial charge < -0.3 is 70.1 Å². The Balaban J connectivity index is 1.29. The van der Waals surface area contributed by atoms with E-state index in [1.165, 1.54) is 13.2 Å². The topological polar surface area (TPSA) is 247 Å². The summed E-state index contributed by atoms with van der Waals surface area (Å²) in [6.07, 6.45) is -7.14. The molecule has 0 saturated carbocycles. The summed E-state index contributed by atoms with van der Waals surface area (Å²) in [7, 11) is 6.87. The summed E-state index contributed by atoms with van der Waals surface area (Å²) >= 11 is 0. The first-order valence-corrected chi connectivity index (χ1v) is 28.8. The maximum absolute atomic E-state index is 14.9. The fraction of sp³-hybridized carbons (Fsp3) is 0.629. The molecule has 0 radical (unpaired) electrons. The summed E-state index contributed by atoms with van der Waals surface area (Å²) in [5, 5.41) is 47.5. The number of hydrogen-bond donors (Lipinski definition) is 7. The molecular weight excluding hydrogens is 1060 g/mol. The lowest BCUT2D eigenvalue weighted by atomic mass is 9.77. The van der Waals surface area contributed by atoms with Crippen LogP contribution in [0.25, 0.3) is 0 Å². The molecule has 3 aliphatic rings. The third kappa shape index (κ3) is 17.3. The van der Waals surface area contributed by atoms with Gasteiger partial charge in [0.1, 0.15) is 30.1 Å². The van der Waals surface area contributed by atoms with Crippen LogP contribution in [0.1, 0.15) is 105 Å². The fourth-order valence-electron chi connectivity index (χ4n) is 11.9. The van der Waals surface area contributed by atoms with Gasteiger partial charge in [-0.1, -0.05) is 95.3 Å². The van der Waals surface area contributed by atoms with Gasteiger partial charge in [-0.2, -0.15) is 0 Å². The number of anilines is 1. The van der Waals surface area contributed by atoms with Crippen molar-refractivity contribution < 1.29 is 67.4 Å². The number of likely N-dealkylation sites (N-methyl/N-ethyl adjacent to an activating group) is 1. The van der Waals surface area contributed by atoms with Gasteiger partial charge in [0, 0.05) is 63.7 Å². The minimum absolute atomic E-state index is 0.0140. The van der Waals surface area contributed by atoms with E-state index >= 15 is 0 Å². The van der Waals surface area contributed by atoms with E-state index in [4.69, 9.17) is 23.7 Å². The average Bonchev–Trinajstić information content (AvgIpc) is 3.62. The highest BCUT2D eigenvalue weighted by Crippen LogP contribution is 2.39. The van der Waals surface area contributed by atoms with Crippen molar-refractivity contribution in [1.29, 1.82) is 0 Å². The van der Waals surface area contributed by atoms with Crippen molar-refractivity contribution in [2.24, 2.45) is 23.7 Å². The Morgan fingerprint density at radius 1 is 0.878 bits per heavy atom. The predicted octanol–water partition coefficient (Wildman–Crippen LogP) is 4.91. The Morgan fingerprint density at radius 3 is 2.17 bits per heavy atom. The van der Waals surface area contributed by atoms with Gasteiger partial charge in [-0.05, 0) is 108 Å². The minimum Gasteiger partial charge on any atom is -0.387 e. The molecule has 454 valence electrons. The summed E-state index contributed by atoms with van der Waals surface area (Å²) in [6.45, 7) is 16.1. The Morgan fingerprint density at radius 2 is 1.54 bits per heavy atom. The third-order valence-corrected chi connectivity index (χ3v) is 16.6. The molecule has 5 amide bonds. The number of benzene rings is 3. The first-order chi connectivity index (χ1) is 38.6. The summed E-state index contributed by atoms with van der Waals surface area (Å²) in [6, 6.07) is 18.6. The lowest BCUT2D eigenvalue weighted by Crippen LogP contribution is -2.61. The Hall–Kier alpha value is -5.42. The van der Waals surface area contributed by atoms with E-state index in [1.54, 1.807) is 115 Å². The van der Waals surface area contributed by atoms with Crippen molar-refractivity contribution in [2.45, 2.75) is 192 Å². The van der Waals surface area contributed by atoms with Crippen molar-refractivity contribution in [3.05, 3.63) is 101 Å². The van der Waals surface area contributed by atoms with E-state index in [2.05, 4.69) is 21.3 Å². The van der Waals surface area contributed by atoms with Gasteiger partial charge in [0.25, 0.3) is 0 Å². The molecule has 3 saturated heterocycles. The maximum Gasteiger partial charge on any atom is 0.247 e. The largest absolute Gasteiger partial charge is 0.387 e. The molecule has 19 nitrogen and oxygen atoms in total. The van der Waals surface area contributed by atoms with Gasteiger partial charge in [0.15, 0.2) is 12.6 Å². The van der Waals surface area contributed by atoms with Crippen molar-refractivity contribution >= 4 is 35.2 Å². The van der Waals surface area contributed by atoms with Crippen LogP contribution in [-0.2, 0) is 66.9 Å². The number of amides is 5. The smallest absolute Gasteiger partial charge is 0.247 e. The molecule has 6 rings (SSSR count). The van der Waals surface area contributed by atoms with Crippen LogP contribution in [0.15, 0.2) is 78.9 Å². The molecule has 3 heterocycles. The van der Waals surface area contributed by atoms with Gasteiger partial charge >= 0.3 is 0 Å². The summed E-state index contributed by atoms with van der Waals surface area (Å²) in [5.74, 6) is -5.61. The molecule has 17 atom stereocenters. The van der Waals surface area contributed by atoms with Crippen molar-refractivity contribution in [3.8, 4) is 0 Å². The summed E-state index contributed by atoms with van der Waals surface area (Å²) in [4.78, 5) is 74.5. The number of carbonyl (C=O) groups is 5. The third-order valence-electron chi connectivity index (χ3n) is 16.6. The highest BCUT2D eigenvalue weighted by atomic mass is 19.1. The Labute approximate surface area is 483 Å². The van der Waals surface area contributed by atoms with Gasteiger partial charge in [-0.15, -0.1) is 0 Å². The molecule has 3 aromatic carbocycles. The number of hydrogen-bond acceptors (Lipinski definition) is 14. The van der Waals surface area contributed by atoms with E-state index < -0.39 is 120 Å². The molecule has 0 spiro atoms. The van der Waals surface area contributed by atoms with Crippen LogP contribution in [0.4, 0.5) is 10.1 Å². The van der Waals surface area contributed by atoms with E-state index in [-0.39, 0.29) is 74.6 Å². The van der Waals surface area contributed by atoms with Gasteiger partial charge in [0.2, 0.25) is 29.5 Å². The average molecular weight is 1150 g/mol. The van der Waals surface area contributed by atoms with Crippen molar-refractivity contribution in [2.75, 3.05) is 40.1 Å². The van der Waals surface area contributed by atoms with Gasteiger partial charge in [-0.25, -0.2) is 4.39 Å². The number of carbonyl (C=O) groups excluding carboxylic acids is 5. The van der Waals surface area contributed by atoms with Crippen LogP contribution in [-0.4, -0.2) is 174 Å². The monoisotopic (exact) mass is 1150 g/mol. The zero-order valence-corrected chi connectivity index (χ0v) is 50.1. The molecule has 3 fully saturated rings. The van der Waals surface area contributed by atoms with E-state index in [1.807, 2.05) is 51.0 Å². The zero-order valence-electron chi connectivity index (χ0n) is 50.1. The number of methoxy groups -OCH3 is 1.